The van der Waals surface area contributed by atoms with Gasteiger partial charge in [-0.3, -0.25) is 4.79 Å². The van der Waals surface area contributed by atoms with Crippen molar-refractivity contribution in [3.8, 4) is 11.5 Å². The van der Waals surface area contributed by atoms with Crippen molar-refractivity contribution in [3.63, 3.8) is 0 Å². The Bertz CT molecular complexity index is 1570. The van der Waals surface area contributed by atoms with Crippen molar-refractivity contribution in [3.05, 3.63) is 119 Å². The van der Waals surface area contributed by atoms with Crippen molar-refractivity contribution in [1.82, 2.24) is 4.31 Å². The number of fused-ring (bicyclic) bond motifs is 3. The lowest BCUT2D eigenvalue weighted by atomic mass is 9.87. The van der Waals surface area contributed by atoms with Gasteiger partial charge < -0.3 is 10.1 Å². The van der Waals surface area contributed by atoms with E-state index in [4.69, 9.17) is 4.74 Å². The Morgan fingerprint density at radius 1 is 0.865 bits per heavy atom. The van der Waals surface area contributed by atoms with Crippen LogP contribution in [0.25, 0.3) is 0 Å². The smallest absolute Gasteiger partial charge is 0.243 e. The zero-order valence-electron chi connectivity index (χ0n) is 20.3. The predicted octanol–water partition coefficient (Wildman–Crippen LogP) is 5.62. The van der Waals surface area contributed by atoms with Crippen molar-refractivity contribution in [2.75, 3.05) is 11.9 Å². The summed E-state index contributed by atoms with van der Waals surface area (Å²) in [5.41, 5.74) is 5.26. The van der Waals surface area contributed by atoms with E-state index in [2.05, 4.69) is 5.32 Å². The average molecular weight is 511 g/mol. The van der Waals surface area contributed by atoms with E-state index in [1.54, 1.807) is 12.1 Å². The van der Waals surface area contributed by atoms with E-state index in [-0.39, 0.29) is 12.5 Å². The fourth-order valence-electron chi connectivity index (χ4n) is 5.08. The molecule has 1 N–H and O–H groups in total. The van der Waals surface area contributed by atoms with Crippen LogP contribution >= 0.6 is 0 Å². The Labute approximate surface area is 216 Å². The van der Waals surface area contributed by atoms with Crippen LogP contribution in [0.4, 0.5) is 5.69 Å². The van der Waals surface area contributed by atoms with Crippen LogP contribution in [0, 0.1) is 6.92 Å². The highest BCUT2D eigenvalue weighted by atomic mass is 32.2. The number of carbonyl (C=O) groups excluding carboxylic acids is 1. The molecule has 0 fully saturated rings. The van der Waals surface area contributed by atoms with Gasteiger partial charge in [0.1, 0.15) is 11.5 Å². The molecular formula is C30H26N2O4S. The first kappa shape index (κ1) is 23.5. The third-order valence-corrected chi connectivity index (χ3v) is 8.91. The zero-order valence-corrected chi connectivity index (χ0v) is 21.2. The number of para-hydroxylation sites is 2. The first-order chi connectivity index (χ1) is 17.9. The van der Waals surface area contributed by atoms with Gasteiger partial charge in [-0.2, -0.15) is 4.31 Å². The number of amides is 1. The summed E-state index contributed by atoms with van der Waals surface area (Å²) in [6, 6.07) is 27.8. The largest absolute Gasteiger partial charge is 0.457 e. The minimum atomic E-state index is -3.61. The first-order valence-electron chi connectivity index (χ1n) is 12.3. The van der Waals surface area contributed by atoms with Crippen LogP contribution in [0.3, 0.4) is 0 Å². The number of hydrogen-bond acceptors (Lipinski definition) is 4. The number of ether oxygens (including phenoxy) is 1. The Kier molecular flexibility index (Phi) is 5.82. The number of nitrogens with zero attached hydrogens (tertiary/aromatic N) is 1. The number of benzene rings is 4. The second kappa shape index (κ2) is 9.18. The Morgan fingerprint density at radius 3 is 2.19 bits per heavy atom. The van der Waals surface area contributed by atoms with E-state index in [1.165, 1.54) is 4.31 Å². The molecule has 7 heteroatoms. The molecule has 0 saturated carbocycles. The zero-order chi connectivity index (χ0) is 25.6. The van der Waals surface area contributed by atoms with Gasteiger partial charge in [0.15, 0.2) is 0 Å². The van der Waals surface area contributed by atoms with Gasteiger partial charge in [-0.15, -0.1) is 0 Å². The monoisotopic (exact) mass is 510 g/mol. The van der Waals surface area contributed by atoms with Crippen LogP contribution in [0.15, 0.2) is 95.9 Å². The van der Waals surface area contributed by atoms with Gasteiger partial charge in [0, 0.05) is 29.9 Å². The van der Waals surface area contributed by atoms with Gasteiger partial charge in [-0.05, 0) is 60.9 Å². The Hall–Kier alpha value is -3.94. The number of sulfonamides is 1. The molecule has 2 aliphatic heterocycles. The number of anilines is 1. The molecule has 37 heavy (non-hydrogen) atoms. The van der Waals surface area contributed by atoms with E-state index in [0.29, 0.717) is 35.0 Å². The molecule has 186 valence electrons. The van der Waals surface area contributed by atoms with E-state index < -0.39 is 15.9 Å². The van der Waals surface area contributed by atoms with Gasteiger partial charge in [-0.25, -0.2) is 8.42 Å². The summed E-state index contributed by atoms with van der Waals surface area (Å²) < 4.78 is 34.0. The maximum absolute atomic E-state index is 13.6. The van der Waals surface area contributed by atoms with Crippen molar-refractivity contribution >= 4 is 21.6 Å². The molecule has 4 aromatic carbocycles. The quantitative estimate of drug-likeness (QED) is 0.387. The van der Waals surface area contributed by atoms with Crippen LogP contribution in [0.2, 0.25) is 0 Å². The lowest BCUT2D eigenvalue weighted by Gasteiger charge is -2.29. The van der Waals surface area contributed by atoms with Crippen LogP contribution in [0.5, 0.6) is 11.5 Å². The number of hydrogen-bond donors (Lipinski definition) is 1. The van der Waals surface area contributed by atoms with Gasteiger partial charge in [0.2, 0.25) is 15.9 Å². The van der Waals surface area contributed by atoms with E-state index in [0.717, 1.165) is 27.8 Å². The first-order valence-corrected chi connectivity index (χ1v) is 13.7. The van der Waals surface area contributed by atoms with E-state index in [9.17, 15) is 13.2 Å². The SMILES string of the molecule is Cc1ccc(S(=O)(=O)N2CCc3ccc(NC(=O)C4c5ccccc5Oc5ccccc54)cc3C2)cc1. The lowest BCUT2D eigenvalue weighted by Crippen LogP contribution is -2.36. The maximum atomic E-state index is 13.6. The Morgan fingerprint density at radius 2 is 1.51 bits per heavy atom. The number of rotatable bonds is 4. The molecule has 0 aliphatic carbocycles. The molecule has 0 bridgehead atoms. The van der Waals surface area contributed by atoms with Crippen molar-refractivity contribution in [2.24, 2.45) is 0 Å². The summed E-state index contributed by atoms with van der Waals surface area (Å²) in [5, 5.41) is 3.07. The summed E-state index contributed by atoms with van der Waals surface area (Å²) in [6.07, 6.45) is 0.620. The molecule has 1 amide bonds. The molecule has 2 heterocycles. The van der Waals surface area contributed by atoms with Gasteiger partial charge in [-0.1, -0.05) is 60.2 Å². The fraction of sp³-hybridized carbons (Fsp3) is 0.167. The van der Waals surface area contributed by atoms with Crippen molar-refractivity contribution in [1.29, 1.82) is 0 Å². The van der Waals surface area contributed by atoms with Gasteiger partial charge in [0.25, 0.3) is 0 Å². The second-order valence-electron chi connectivity index (χ2n) is 9.49. The van der Waals surface area contributed by atoms with E-state index in [1.807, 2.05) is 85.8 Å². The third kappa shape index (κ3) is 4.30. The average Bonchev–Trinajstić information content (AvgIpc) is 2.91. The van der Waals surface area contributed by atoms with Crippen LogP contribution in [-0.4, -0.2) is 25.2 Å². The summed E-state index contributed by atoms with van der Waals surface area (Å²) in [5.74, 6) is 0.658. The molecule has 0 atom stereocenters. The number of carbonyl (C=O) groups is 1. The van der Waals surface area contributed by atoms with Crippen LogP contribution in [0.1, 0.15) is 33.7 Å². The minimum absolute atomic E-state index is 0.164. The minimum Gasteiger partial charge on any atom is -0.457 e. The molecule has 6 rings (SSSR count). The normalized spacial score (nSPS) is 15.2. The summed E-state index contributed by atoms with van der Waals surface area (Å²) in [6.45, 7) is 2.61. The van der Waals surface area contributed by atoms with Gasteiger partial charge >= 0.3 is 0 Å². The summed E-state index contributed by atoms with van der Waals surface area (Å²) in [7, 11) is -3.61. The van der Waals surface area contributed by atoms with E-state index >= 15 is 0 Å². The van der Waals surface area contributed by atoms with Crippen LogP contribution < -0.4 is 10.1 Å². The highest BCUT2D eigenvalue weighted by molar-refractivity contribution is 7.89. The highest BCUT2D eigenvalue weighted by Crippen LogP contribution is 2.44. The standard InChI is InChI=1S/C30H26N2O4S/c1-20-10-14-24(15-11-20)37(34,35)32-17-16-21-12-13-23(18-22(21)19-32)31-30(33)29-25-6-2-4-8-27(25)36-28-9-5-3-7-26(28)29/h2-15,18,29H,16-17,19H2,1H3,(H,31,33). The van der Waals surface area contributed by atoms with Crippen molar-refractivity contribution < 1.29 is 17.9 Å². The molecule has 0 unspecified atom stereocenters. The Balaban J connectivity index is 1.27. The molecule has 0 saturated heterocycles. The van der Waals surface area contributed by atoms with Crippen molar-refractivity contribution in [2.45, 2.75) is 30.7 Å². The topological polar surface area (TPSA) is 75.7 Å². The van der Waals surface area contributed by atoms with Gasteiger partial charge in [0.05, 0.1) is 10.8 Å². The maximum Gasteiger partial charge on any atom is 0.243 e. The molecular weight excluding hydrogens is 484 g/mol. The molecule has 0 radical (unpaired) electrons. The summed E-state index contributed by atoms with van der Waals surface area (Å²) >= 11 is 0. The third-order valence-electron chi connectivity index (χ3n) is 7.05. The molecule has 4 aromatic rings. The fourth-order valence-corrected chi connectivity index (χ4v) is 6.50. The number of aryl methyl sites for hydroxylation is 1. The predicted molar refractivity (Wildman–Crippen MR) is 142 cm³/mol. The molecule has 6 nitrogen and oxygen atoms in total. The molecule has 2 aliphatic rings. The second-order valence-corrected chi connectivity index (χ2v) is 11.4. The molecule has 0 aromatic heterocycles. The lowest BCUT2D eigenvalue weighted by molar-refractivity contribution is -0.116. The summed E-state index contributed by atoms with van der Waals surface area (Å²) in [4.78, 5) is 13.9. The highest BCUT2D eigenvalue weighted by Gasteiger charge is 2.33. The number of nitrogens with one attached hydrogen (secondary N) is 1. The van der Waals surface area contributed by atoms with Crippen LogP contribution in [-0.2, 0) is 27.8 Å². The molecule has 0 spiro atoms.